The molecular weight excluding hydrogens is 305 g/mol. The second-order valence-corrected chi connectivity index (χ2v) is 6.42. The van der Waals surface area contributed by atoms with Crippen LogP contribution in [0.25, 0.3) is 0 Å². The Balaban J connectivity index is 1.77. The number of halogens is 1. The maximum Gasteiger partial charge on any atom is 0.252 e. The molecule has 6 heteroatoms. The molecule has 0 aliphatic carbocycles. The monoisotopic (exact) mass is 323 g/mol. The van der Waals surface area contributed by atoms with Gasteiger partial charge in [-0.15, -0.1) is 11.3 Å². The van der Waals surface area contributed by atoms with Gasteiger partial charge in [-0.25, -0.2) is 4.39 Å². The fourth-order valence-corrected chi connectivity index (χ4v) is 2.87. The third-order valence-electron chi connectivity index (χ3n) is 3.04. The average Bonchev–Trinajstić information content (AvgIpc) is 2.83. The highest BCUT2D eigenvalue weighted by molar-refractivity contribution is 7.12. The predicted molar refractivity (Wildman–Crippen MR) is 84.0 cm³/mol. The number of carbonyl (C=O) groups excluding carboxylic acids is 1. The van der Waals surface area contributed by atoms with Gasteiger partial charge in [0, 0.05) is 16.3 Å². The fraction of sp³-hybridized carbons (Fsp3) is 0.312. The first kappa shape index (κ1) is 16.5. The zero-order valence-corrected chi connectivity index (χ0v) is 13.2. The number of aliphatic hydroxyl groups excluding tert-OH is 1. The zero-order valence-electron chi connectivity index (χ0n) is 12.4. The van der Waals surface area contributed by atoms with Crippen LogP contribution in [0.2, 0.25) is 0 Å². The van der Waals surface area contributed by atoms with E-state index >= 15 is 0 Å². The second kappa shape index (κ2) is 7.38. The normalized spacial score (nSPS) is 12.0. The Hall–Kier alpha value is -1.92. The number of aryl methyl sites for hydroxylation is 2. The summed E-state index contributed by atoms with van der Waals surface area (Å²) in [6.07, 6.45) is -0.839. The van der Waals surface area contributed by atoms with Crippen molar-refractivity contribution >= 4 is 17.2 Å². The molecule has 1 aromatic carbocycles. The van der Waals surface area contributed by atoms with Crippen LogP contribution in [-0.2, 0) is 0 Å². The first-order valence-electron chi connectivity index (χ1n) is 6.87. The van der Waals surface area contributed by atoms with Crippen molar-refractivity contribution in [3.63, 3.8) is 0 Å². The van der Waals surface area contributed by atoms with Crippen LogP contribution < -0.4 is 10.1 Å². The van der Waals surface area contributed by atoms with E-state index in [1.54, 1.807) is 11.3 Å². The molecule has 0 saturated carbocycles. The lowest BCUT2D eigenvalue weighted by Crippen LogP contribution is -2.35. The summed E-state index contributed by atoms with van der Waals surface area (Å²) in [6.45, 7) is 3.95. The molecule has 0 bridgehead atoms. The number of rotatable bonds is 6. The van der Waals surface area contributed by atoms with Gasteiger partial charge in [-0.1, -0.05) is 0 Å². The van der Waals surface area contributed by atoms with E-state index in [-0.39, 0.29) is 24.9 Å². The van der Waals surface area contributed by atoms with E-state index < -0.39 is 6.10 Å². The molecule has 22 heavy (non-hydrogen) atoms. The van der Waals surface area contributed by atoms with Crippen LogP contribution in [0.5, 0.6) is 5.75 Å². The molecule has 2 rings (SSSR count). The number of aliphatic hydroxyl groups is 1. The lowest BCUT2D eigenvalue weighted by Gasteiger charge is -2.13. The van der Waals surface area contributed by atoms with Crippen molar-refractivity contribution in [2.24, 2.45) is 0 Å². The Morgan fingerprint density at radius 1 is 1.36 bits per heavy atom. The van der Waals surface area contributed by atoms with Gasteiger partial charge in [0.25, 0.3) is 5.91 Å². The standard InChI is InChI=1S/C16H18FNO3S/c1-10-7-15(11(2)22-10)16(20)18-8-13(19)9-21-14-5-3-12(17)4-6-14/h3-7,13,19H,8-9H2,1-2H3,(H,18,20). The summed E-state index contributed by atoms with van der Waals surface area (Å²) in [7, 11) is 0. The predicted octanol–water partition coefficient (Wildman–Crippen LogP) is 2.67. The third kappa shape index (κ3) is 4.54. The largest absolute Gasteiger partial charge is 0.491 e. The van der Waals surface area contributed by atoms with Gasteiger partial charge in [0.1, 0.15) is 24.3 Å². The minimum atomic E-state index is -0.839. The molecule has 1 unspecified atom stereocenters. The molecule has 118 valence electrons. The topological polar surface area (TPSA) is 58.6 Å². The summed E-state index contributed by atoms with van der Waals surface area (Å²) < 4.78 is 18.1. The van der Waals surface area contributed by atoms with Crippen LogP contribution in [0.1, 0.15) is 20.1 Å². The summed E-state index contributed by atoms with van der Waals surface area (Å²) in [5, 5.41) is 12.5. The van der Waals surface area contributed by atoms with Crippen molar-refractivity contribution in [2.75, 3.05) is 13.2 Å². The third-order valence-corrected chi connectivity index (χ3v) is 4.01. The molecule has 0 saturated heterocycles. The Bertz CT molecular complexity index is 639. The maximum atomic E-state index is 12.7. The number of nitrogens with one attached hydrogen (secondary N) is 1. The number of benzene rings is 1. The molecule has 1 atom stereocenters. The summed E-state index contributed by atoms with van der Waals surface area (Å²) in [5.74, 6) is -0.0830. The van der Waals surface area contributed by atoms with Gasteiger partial charge in [-0.3, -0.25) is 4.79 Å². The van der Waals surface area contributed by atoms with E-state index in [9.17, 15) is 14.3 Å². The number of hydrogen-bond acceptors (Lipinski definition) is 4. The van der Waals surface area contributed by atoms with E-state index in [2.05, 4.69) is 5.32 Å². The summed E-state index contributed by atoms with van der Waals surface area (Å²) >= 11 is 1.56. The van der Waals surface area contributed by atoms with E-state index in [1.165, 1.54) is 24.3 Å². The average molecular weight is 323 g/mol. The summed E-state index contributed by atoms with van der Waals surface area (Å²) in [5.41, 5.74) is 0.633. The number of amides is 1. The number of thiophene rings is 1. The second-order valence-electron chi connectivity index (χ2n) is 4.96. The number of carbonyl (C=O) groups is 1. The van der Waals surface area contributed by atoms with Gasteiger partial charge in [-0.05, 0) is 44.2 Å². The van der Waals surface area contributed by atoms with Gasteiger partial charge in [0.15, 0.2) is 0 Å². The summed E-state index contributed by atoms with van der Waals surface area (Å²) in [4.78, 5) is 14.0. The Labute approximate surface area is 132 Å². The first-order valence-corrected chi connectivity index (χ1v) is 7.69. The van der Waals surface area contributed by atoms with Gasteiger partial charge in [0.05, 0.1) is 5.56 Å². The molecule has 0 fully saturated rings. The minimum absolute atomic E-state index is 0.0214. The highest BCUT2D eigenvalue weighted by Gasteiger charge is 2.13. The minimum Gasteiger partial charge on any atom is -0.491 e. The van der Waals surface area contributed by atoms with Gasteiger partial charge in [-0.2, -0.15) is 0 Å². The van der Waals surface area contributed by atoms with Crippen LogP contribution in [0.4, 0.5) is 4.39 Å². The van der Waals surface area contributed by atoms with E-state index in [0.717, 1.165) is 9.75 Å². The first-order chi connectivity index (χ1) is 10.5. The Kier molecular flexibility index (Phi) is 5.51. The van der Waals surface area contributed by atoms with Gasteiger partial charge in [0.2, 0.25) is 0 Å². The van der Waals surface area contributed by atoms with Crippen molar-refractivity contribution in [2.45, 2.75) is 20.0 Å². The Morgan fingerprint density at radius 2 is 2.05 bits per heavy atom. The van der Waals surface area contributed by atoms with Crippen LogP contribution >= 0.6 is 11.3 Å². The van der Waals surface area contributed by atoms with Gasteiger partial charge < -0.3 is 15.2 Å². The van der Waals surface area contributed by atoms with Crippen molar-refractivity contribution < 1.29 is 19.0 Å². The lowest BCUT2D eigenvalue weighted by atomic mass is 10.2. The van der Waals surface area contributed by atoms with E-state index in [4.69, 9.17) is 4.74 Å². The maximum absolute atomic E-state index is 12.7. The quantitative estimate of drug-likeness (QED) is 0.859. The molecule has 0 radical (unpaired) electrons. The molecule has 4 nitrogen and oxygen atoms in total. The van der Waals surface area contributed by atoms with Crippen LogP contribution in [0, 0.1) is 19.7 Å². The fourth-order valence-electron chi connectivity index (χ4n) is 1.94. The molecule has 0 aliphatic heterocycles. The molecule has 2 N–H and O–H groups in total. The van der Waals surface area contributed by atoms with Crippen LogP contribution in [0.3, 0.4) is 0 Å². The van der Waals surface area contributed by atoms with Gasteiger partial charge >= 0.3 is 0 Å². The smallest absolute Gasteiger partial charge is 0.252 e. The zero-order chi connectivity index (χ0) is 16.1. The van der Waals surface area contributed by atoms with Crippen molar-refractivity contribution in [1.29, 1.82) is 0 Å². The molecule has 0 spiro atoms. The van der Waals surface area contributed by atoms with Crippen molar-refractivity contribution in [3.8, 4) is 5.75 Å². The Morgan fingerprint density at radius 3 is 2.64 bits per heavy atom. The number of hydrogen-bond donors (Lipinski definition) is 2. The lowest BCUT2D eigenvalue weighted by molar-refractivity contribution is 0.0843. The van der Waals surface area contributed by atoms with Crippen molar-refractivity contribution in [3.05, 3.63) is 51.5 Å². The van der Waals surface area contributed by atoms with E-state index in [0.29, 0.717) is 11.3 Å². The van der Waals surface area contributed by atoms with Crippen molar-refractivity contribution in [1.82, 2.24) is 5.32 Å². The van der Waals surface area contributed by atoms with Crippen LogP contribution in [-0.4, -0.2) is 30.3 Å². The molecule has 1 heterocycles. The molecule has 2 aromatic rings. The molecular formula is C16H18FNO3S. The van der Waals surface area contributed by atoms with E-state index in [1.807, 2.05) is 19.9 Å². The SMILES string of the molecule is Cc1cc(C(=O)NCC(O)COc2ccc(F)cc2)c(C)s1. The van der Waals surface area contributed by atoms with Crippen LogP contribution in [0.15, 0.2) is 30.3 Å². The highest BCUT2D eigenvalue weighted by Crippen LogP contribution is 2.20. The highest BCUT2D eigenvalue weighted by atomic mass is 32.1. The number of ether oxygens (including phenoxy) is 1. The molecule has 1 amide bonds. The molecule has 0 aliphatic rings. The molecule has 1 aromatic heterocycles. The summed E-state index contributed by atoms with van der Waals surface area (Å²) in [6, 6.07) is 7.36.